The number of ether oxygens (including phenoxy) is 2. The van der Waals surface area contributed by atoms with Crippen LogP contribution >= 0.6 is 12.9 Å². The molecular formula is C42H62F6N6O14S4. The van der Waals surface area contributed by atoms with Crippen molar-refractivity contribution in [2.45, 2.75) is 136 Å². The Bertz CT molecular complexity index is 2480. The number of nitrogens with one attached hydrogen (secondary N) is 4. The number of anilines is 3. The summed E-state index contributed by atoms with van der Waals surface area (Å²) in [5.41, 5.74) is 3.94. The molecule has 2 aromatic rings. The molecular weight excluding hydrogens is 1050 g/mol. The highest BCUT2D eigenvalue weighted by molar-refractivity contribution is 7.92. The minimum absolute atomic E-state index is 0.000298. The third kappa shape index (κ3) is 19.4. The SMILES string of the molecule is NCC(=O)CCOCCOCCNC(=O)CCS(=O)(=O)c1c(F)c(F)c(S(N)(=O)=O)c(F)c1NC1CCCCCCC1.O=C(O)CCS(=O)(=O)c1c(F)c(F)c(NOOS)c(F)c1NC1CCCCCCC1. The van der Waals surface area contributed by atoms with E-state index >= 15 is 13.2 Å². The first kappa shape index (κ1) is 62.3. The van der Waals surface area contributed by atoms with E-state index in [2.05, 4.69) is 38.2 Å². The van der Waals surface area contributed by atoms with Gasteiger partial charge in [-0.3, -0.25) is 14.4 Å². The van der Waals surface area contributed by atoms with Gasteiger partial charge in [0.05, 0.1) is 62.3 Å². The lowest BCUT2D eigenvalue weighted by molar-refractivity contribution is -0.158. The third-order valence-corrected chi connectivity index (χ3v) is 15.9. The normalized spacial score (nSPS) is 15.5. The smallest absolute Gasteiger partial charge is 0.304 e. The molecule has 2 saturated carbocycles. The Morgan fingerprint density at radius 3 is 1.50 bits per heavy atom. The Balaban J connectivity index is 0.000000402. The molecule has 72 heavy (non-hydrogen) atoms. The zero-order chi connectivity index (χ0) is 53.6. The van der Waals surface area contributed by atoms with Gasteiger partial charge < -0.3 is 36.3 Å². The van der Waals surface area contributed by atoms with Gasteiger partial charge >= 0.3 is 5.97 Å². The number of hydrogen-bond donors (Lipinski definition) is 8. The van der Waals surface area contributed by atoms with Crippen LogP contribution in [0.1, 0.15) is 109 Å². The molecule has 1 amide bonds. The molecule has 0 bridgehead atoms. The third-order valence-electron chi connectivity index (χ3n) is 11.4. The second kappa shape index (κ2) is 30.4. The lowest BCUT2D eigenvalue weighted by Crippen LogP contribution is -2.30. The number of sulfone groups is 2. The molecule has 4 rings (SSSR count). The van der Waals surface area contributed by atoms with E-state index < -0.39 is 139 Å². The fraction of sp³-hybridized carbons (Fsp3) is 0.643. The van der Waals surface area contributed by atoms with Crippen LogP contribution in [0.25, 0.3) is 0 Å². The molecule has 0 unspecified atom stereocenters. The molecule has 0 aliphatic heterocycles. The van der Waals surface area contributed by atoms with E-state index in [1.54, 1.807) is 5.48 Å². The van der Waals surface area contributed by atoms with Gasteiger partial charge in [0.25, 0.3) is 0 Å². The first-order valence-electron chi connectivity index (χ1n) is 23.0. The predicted octanol–water partition coefficient (Wildman–Crippen LogP) is 5.50. The number of sulfonamides is 1. The number of halogens is 6. The molecule has 2 aliphatic rings. The molecule has 410 valence electrons. The van der Waals surface area contributed by atoms with Crippen molar-refractivity contribution in [1.29, 1.82) is 0 Å². The summed E-state index contributed by atoms with van der Waals surface area (Å²) in [5, 5.41) is 21.4. The van der Waals surface area contributed by atoms with Crippen molar-refractivity contribution in [3.63, 3.8) is 0 Å². The molecule has 20 nitrogen and oxygen atoms in total. The van der Waals surface area contributed by atoms with Crippen molar-refractivity contribution >= 4 is 77.3 Å². The summed E-state index contributed by atoms with van der Waals surface area (Å²) in [5.74, 6) is -15.8. The van der Waals surface area contributed by atoms with Crippen molar-refractivity contribution in [2.24, 2.45) is 10.9 Å². The molecule has 0 saturated heterocycles. The van der Waals surface area contributed by atoms with Crippen LogP contribution in [0.4, 0.5) is 43.4 Å². The van der Waals surface area contributed by atoms with E-state index in [0.29, 0.717) is 38.5 Å². The van der Waals surface area contributed by atoms with Crippen molar-refractivity contribution in [3.8, 4) is 0 Å². The van der Waals surface area contributed by atoms with E-state index in [1.807, 2.05) is 0 Å². The topological polar surface area (TPSA) is 311 Å². The van der Waals surface area contributed by atoms with E-state index in [9.17, 15) is 52.8 Å². The van der Waals surface area contributed by atoms with Crippen LogP contribution in [0, 0.1) is 34.9 Å². The Morgan fingerprint density at radius 2 is 1.03 bits per heavy atom. The highest BCUT2D eigenvalue weighted by Crippen LogP contribution is 2.39. The number of thiol groups is 1. The molecule has 0 spiro atoms. The van der Waals surface area contributed by atoms with Gasteiger partial charge in [-0.1, -0.05) is 64.2 Å². The van der Waals surface area contributed by atoms with Gasteiger partial charge in [-0.05, 0) is 25.7 Å². The number of Topliss-reactive ketones (excluding diaryl/α,β-unsaturated/α-hetero) is 1. The van der Waals surface area contributed by atoms with Crippen molar-refractivity contribution < 1.29 is 89.9 Å². The lowest BCUT2D eigenvalue weighted by Gasteiger charge is -2.25. The maximum absolute atomic E-state index is 15.4. The van der Waals surface area contributed by atoms with Crippen LogP contribution in [0.2, 0.25) is 0 Å². The Labute approximate surface area is 419 Å². The summed E-state index contributed by atoms with van der Waals surface area (Å²) in [6.07, 6.45) is 9.42. The second-order valence-electron chi connectivity index (χ2n) is 16.8. The summed E-state index contributed by atoms with van der Waals surface area (Å²) in [7, 11) is -14.6. The van der Waals surface area contributed by atoms with Crippen LogP contribution < -0.4 is 32.3 Å². The summed E-state index contributed by atoms with van der Waals surface area (Å²) in [6, 6.07) is -0.915. The Kier molecular flexibility index (Phi) is 26.3. The number of carbonyl (C=O) groups excluding carboxylic acids is 2. The van der Waals surface area contributed by atoms with E-state index in [4.69, 9.17) is 25.5 Å². The number of benzene rings is 2. The second-order valence-corrected chi connectivity index (χ2v) is 22.5. The number of hydrogen-bond acceptors (Lipinski definition) is 18. The average Bonchev–Trinajstić information content (AvgIpc) is 3.29. The maximum Gasteiger partial charge on any atom is 0.304 e. The largest absolute Gasteiger partial charge is 0.481 e. The molecule has 9 N–H and O–H groups in total. The highest BCUT2D eigenvalue weighted by atomic mass is 32.2. The van der Waals surface area contributed by atoms with Gasteiger partial charge in [0.2, 0.25) is 15.9 Å². The molecule has 30 heteroatoms. The van der Waals surface area contributed by atoms with Crippen LogP contribution in [-0.4, -0.2) is 111 Å². The van der Waals surface area contributed by atoms with E-state index in [1.165, 1.54) is 0 Å². The first-order valence-corrected chi connectivity index (χ1v) is 28.2. The molecule has 0 aromatic heterocycles. The van der Waals surface area contributed by atoms with Gasteiger partial charge in [0, 0.05) is 44.4 Å². The number of primary sulfonamides is 1. The number of carboxylic acids is 1. The summed E-state index contributed by atoms with van der Waals surface area (Å²) >= 11 is 3.22. The molecule has 2 aliphatic carbocycles. The van der Waals surface area contributed by atoms with Gasteiger partial charge in [-0.25, -0.2) is 62.2 Å². The number of ketones is 1. The minimum Gasteiger partial charge on any atom is -0.481 e. The van der Waals surface area contributed by atoms with Gasteiger partial charge in [-0.2, -0.15) is 0 Å². The number of rotatable bonds is 26. The fourth-order valence-electron chi connectivity index (χ4n) is 7.72. The van der Waals surface area contributed by atoms with E-state index in [-0.39, 0.29) is 57.8 Å². The van der Waals surface area contributed by atoms with Gasteiger partial charge in [0.1, 0.15) is 21.3 Å². The standard InChI is InChI=1S/C25H39F3N4O8S2.C17H23F3N2O6S2/c26-20-21(27)25(23(22(28)24(20)42(30,37)38)32-17-6-4-2-1-3-5-7-17)41(35,36)15-9-19(34)31-10-12-40-14-13-39-11-8-18(33)16-29;18-12-13(19)17(30(25,26)9-8-11(23)24)16(14(20)15(12)22-27-28-29)21-10-6-4-2-1-3-5-7-10/h17,32H,1-16,29H2,(H,31,34)(H2,30,37,38);10,21-22,29H,1-9H2,(H,23,24). The first-order chi connectivity index (χ1) is 34.0. The number of aliphatic carboxylic acids is 1. The molecule has 2 fully saturated rings. The number of nitrogens with two attached hydrogens (primary N) is 2. The molecule has 0 atom stereocenters. The highest BCUT2D eigenvalue weighted by Gasteiger charge is 2.38. The summed E-state index contributed by atoms with van der Waals surface area (Å²) in [4.78, 5) is 33.8. The Morgan fingerprint density at radius 1 is 0.583 bits per heavy atom. The van der Waals surface area contributed by atoms with Gasteiger partial charge in [-0.15, -0.1) is 9.32 Å². The lowest BCUT2D eigenvalue weighted by atomic mass is 9.96. The molecule has 2 aromatic carbocycles. The van der Waals surface area contributed by atoms with Crippen molar-refractivity contribution in [2.75, 3.05) is 67.1 Å². The Hall–Kier alpha value is -4.01. The monoisotopic (exact) mass is 1120 g/mol. The zero-order valence-electron chi connectivity index (χ0n) is 39.2. The average molecular weight is 1120 g/mol. The number of carboxylic acid groups (broad SMARTS) is 1. The van der Waals surface area contributed by atoms with Crippen molar-refractivity contribution in [3.05, 3.63) is 34.9 Å². The van der Waals surface area contributed by atoms with Gasteiger partial charge in [0.15, 0.2) is 59.5 Å². The fourth-order valence-corrected chi connectivity index (χ4v) is 11.4. The number of carbonyl (C=O) groups is 3. The molecule has 0 heterocycles. The quantitative estimate of drug-likeness (QED) is 0.0110. The maximum atomic E-state index is 15.4. The minimum atomic E-state index is -5.10. The van der Waals surface area contributed by atoms with Crippen LogP contribution in [-0.2, 0) is 62.9 Å². The number of amides is 1. The van der Waals surface area contributed by atoms with Crippen LogP contribution in [0.3, 0.4) is 0 Å². The summed E-state index contributed by atoms with van der Waals surface area (Å²) < 4.78 is 179. The van der Waals surface area contributed by atoms with Crippen molar-refractivity contribution in [1.82, 2.24) is 5.32 Å². The predicted molar refractivity (Wildman–Crippen MR) is 253 cm³/mol. The molecule has 0 radical (unpaired) electrons. The summed E-state index contributed by atoms with van der Waals surface area (Å²) in [6.45, 7) is 0.556. The van der Waals surface area contributed by atoms with Crippen LogP contribution in [0.5, 0.6) is 0 Å². The van der Waals surface area contributed by atoms with E-state index in [0.717, 1.165) is 51.4 Å². The van der Waals surface area contributed by atoms with Crippen LogP contribution in [0.15, 0.2) is 14.7 Å². The zero-order valence-corrected chi connectivity index (χ0v) is 42.5.